The van der Waals surface area contributed by atoms with E-state index in [2.05, 4.69) is 18.7 Å². The molecule has 1 aromatic rings. The molecule has 0 aliphatic carbocycles. The van der Waals surface area contributed by atoms with Crippen molar-refractivity contribution in [2.75, 3.05) is 30.3 Å². The van der Waals surface area contributed by atoms with Crippen LogP contribution in [-0.4, -0.2) is 25.7 Å². The largest absolute Gasteiger partial charge is 0.462 e. The number of unbranched alkanes of at least 4 members (excludes halogenated alkanes) is 2. The molecule has 4 nitrogen and oxygen atoms in total. The van der Waals surface area contributed by atoms with Crippen molar-refractivity contribution in [3.8, 4) is 0 Å². The standard InChI is InChI=1S/C17H28N2O2/c1-4-7-11-19(12-8-5-2)16-10-9-14(13-15(16)18)17(20)21-6-3/h9-10,13H,4-8,11-12,18H2,1-3H3. The molecule has 1 aromatic carbocycles. The zero-order valence-corrected chi connectivity index (χ0v) is 13.5. The molecular formula is C17H28N2O2. The maximum atomic E-state index is 11.7. The monoisotopic (exact) mass is 292 g/mol. The number of esters is 1. The van der Waals surface area contributed by atoms with E-state index in [9.17, 15) is 4.79 Å². The molecule has 21 heavy (non-hydrogen) atoms. The molecule has 0 aromatic heterocycles. The summed E-state index contributed by atoms with van der Waals surface area (Å²) in [5, 5.41) is 0. The number of ether oxygens (including phenoxy) is 1. The van der Waals surface area contributed by atoms with Gasteiger partial charge in [-0.2, -0.15) is 0 Å². The predicted molar refractivity (Wildman–Crippen MR) is 88.8 cm³/mol. The van der Waals surface area contributed by atoms with Crippen molar-refractivity contribution < 1.29 is 9.53 Å². The Labute approximate surface area is 128 Å². The fourth-order valence-corrected chi connectivity index (χ4v) is 2.23. The zero-order valence-electron chi connectivity index (χ0n) is 13.5. The van der Waals surface area contributed by atoms with Crippen LogP contribution >= 0.6 is 0 Å². The Kier molecular flexibility index (Phi) is 7.65. The number of hydrogen-bond acceptors (Lipinski definition) is 4. The SMILES string of the molecule is CCCCN(CCCC)c1ccc(C(=O)OCC)cc1N. The number of anilines is 2. The molecule has 0 atom stereocenters. The van der Waals surface area contributed by atoms with Gasteiger partial charge in [0, 0.05) is 13.1 Å². The number of nitrogen functional groups attached to an aromatic ring is 1. The van der Waals surface area contributed by atoms with Crippen LogP contribution in [0, 0.1) is 0 Å². The lowest BCUT2D eigenvalue weighted by atomic mass is 10.1. The average Bonchev–Trinajstić information content (AvgIpc) is 2.48. The molecule has 4 heteroatoms. The highest BCUT2D eigenvalue weighted by atomic mass is 16.5. The first kappa shape index (κ1) is 17.3. The maximum absolute atomic E-state index is 11.7. The van der Waals surface area contributed by atoms with E-state index in [1.807, 2.05) is 6.07 Å². The van der Waals surface area contributed by atoms with E-state index in [1.165, 1.54) is 0 Å². The van der Waals surface area contributed by atoms with Gasteiger partial charge in [0.1, 0.15) is 0 Å². The van der Waals surface area contributed by atoms with Gasteiger partial charge in [0.05, 0.1) is 23.5 Å². The summed E-state index contributed by atoms with van der Waals surface area (Å²) in [6, 6.07) is 5.46. The van der Waals surface area contributed by atoms with Crippen molar-refractivity contribution in [2.45, 2.75) is 46.5 Å². The predicted octanol–water partition coefficient (Wildman–Crippen LogP) is 3.85. The van der Waals surface area contributed by atoms with Gasteiger partial charge < -0.3 is 15.4 Å². The highest BCUT2D eigenvalue weighted by molar-refractivity contribution is 5.92. The minimum Gasteiger partial charge on any atom is -0.462 e. The summed E-state index contributed by atoms with van der Waals surface area (Å²) in [7, 11) is 0. The number of rotatable bonds is 9. The Morgan fingerprint density at radius 2 is 1.76 bits per heavy atom. The number of carbonyl (C=O) groups is 1. The van der Waals surface area contributed by atoms with Gasteiger partial charge in [-0.25, -0.2) is 4.79 Å². The Bertz CT molecular complexity index is 438. The van der Waals surface area contributed by atoms with Crippen LogP contribution in [0.15, 0.2) is 18.2 Å². The quantitative estimate of drug-likeness (QED) is 0.555. The molecule has 0 saturated carbocycles. The Balaban J connectivity index is 2.89. The number of carbonyl (C=O) groups excluding carboxylic acids is 1. The van der Waals surface area contributed by atoms with Crippen molar-refractivity contribution in [3.63, 3.8) is 0 Å². The third kappa shape index (κ3) is 5.29. The maximum Gasteiger partial charge on any atom is 0.338 e. The Morgan fingerprint density at radius 1 is 1.14 bits per heavy atom. The van der Waals surface area contributed by atoms with Crippen molar-refractivity contribution >= 4 is 17.3 Å². The van der Waals surface area contributed by atoms with E-state index in [4.69, 9.17) is 10.5 Å². The second kappa shape index (κ2) is 9.27. The van der Waals surface area contributed by atoms with Crippen molar-refractivity contribution in [3.05, 3.63) is 23.8 Å². The molecule has 0 spiro atoms. The summed E-state index contributed by atoms with van der Waals surface area (Å²) >= 11 is 0. The van der Waals surface area contributed by atoms with Crippen LogP contribution in [0.2, 0.25) is 0 Å². The Hall–Kier alpha value is -1.71. The van der Waals surface area contributed by atoms with Crippen LogP contribution in [0.4, 0.5) is 11.4 Å². The fraction of sp³-hybridized carbons (Fsp3) is 0.588. The van der Waals surface area contributed by atoms with Crippen LogP contribution < -0.4 is 10.6 Å². The molecule has 0 heterocycles. The van der Waals surface area contributed by atoms with Crippen LogP contribution in [0.25, 0.3) is 0 Å². The number of nitrogens with two attached hydrogens (primary N) is 1. The molecule has 0 unspecified atom stereocenters. The van der Waals surface area contributed by atoms with Crippen molar-refractivity contribution in [1.29, 1.82) is 0 Å². The fourth-order valence-electron chi connectivity index (χ4n) is 2.23. The average molecular weight is 292 g/mol. The summed E-state index contributed by atoms with van der Waals surface area (Å²) in [5.41, 5.74) is 8.33. The van der Waals surface area contributed by atoms with Crippen LogP contribution in [0.5, 0.6) is 0 Å². The third-order valence-corrected chi connectivity index (χ3v) is 3.44. The lowest BCUT2D eigenvalue weighted by Gasteiger charge is -2.26. The van der Waals surface area contributed by atoms with E-state index < -0.39 is 0 Å². The molecule has 0 amide bonds. The normalized spacial score (nSPS) is 10.4. The van der Waals surface area contributed by atoms with Crippen LogP contribution in [0.1, 0.15) is 56.8 Å². The Morgan fingerprint density at radius 3 is 2.24 bits per heavy atom. The first-order valence-corrected chi connectivity index (χ1v) is 7.95. The molecule has 1 rings (SSSR count). The molecule has 0 aliphatic heterocycles. The molecule has 2 N–H and O–H groups in total. The van der Waals surface area contributed by atoms with Gasteiger partial charge in [-0.15, -0.1) is 0 Å². The highest BCUT2D eigenvalue weighted by Crippen LogP contribution is 2.25. The summed E-state index contributed by atoms with van der Waals surface area (Å²) in [6.45, 7) is 8.54. The molecule has 0 saturated heterocycles. The topological polar surface area (TPSA) is 55.6 Å². The smallest absolute Gasteiger partial charge is 0.338 e. The first-order valence-electron chi connectivity index (χ1n) is 7.95. The minimum absolute atomic E-state index is 0.315. The molecule has 0 bridgehead atoms. The van der Waals surface area contributed by atoms with E-state index in [1.54, 1.807) is 19.1 Å². The summed E-state index contributed by atoms with van der Waals surface area (Å²) < 4.78 is 5.00. The molecule has 0 fully saturated rings. The summed E-state index contributed by atoms with van der Waals surface area (Å²) in [5.74, 6) is -0.315. The van der Waals surface area contributed by atoms with Gasteiger partial charge >= 0.3 is 5.97 Å². The number of benzene rings is 1. The lowest BCUT2D eigenvalue weighted by Crippen LogP contribution is -2.26. The lowest BCUT2D eigenvalue weighted by molar-refractivity contribution is 0.0526. The molecule has 0 aliphatic rings. The van der Waals surface area contributed by atoms with Crippen LogP contribution in [-0.2, 0) is 4.74 Å². The van der Waals surface area contributed by atoms with Gasteiger partial charge in [0.2, 0.25) is 0 Å². The van der Waals surface area contributed by atoms with Crippen molar-refractivity contribution in [1.82, 2.24) is 0 Å². The van der Waals surface area contributed by atoms with E-state index in [-0.39, 0.29) is 5.97 Å². The molecular weight excluding hydrogens is 264 g/mol. The van der Waals surface area contributed by atoms with Gasteiger partial charge in [0.15, 0.2) is 0 Å². The molecule has 0 radical (unpaired) electrons. The van der Waals surface area contributed by atoms with Gasteiger partial charge in [-0.3, -0.25) is 0 Å². The third-order valence-electron chi connectivity index (χ3n) is 3.44. The van der Waals surface area contributed by atoms with E-state index in [0.717, 1.165) is 44.5 Å². The number of hydrogen-bond donors (Lipinski definition) is 1. The first-order chi connectivity index (χ1) is 10.1. The minimum atomic E-state index is -0.315. The highest BCUT2D eigenvalue weighted by Gasteiger charge is 2.13. The van der Waals surface area contributed by atoms with E-state index >= 15 is 0 Å². The summed E-state index contributed by atoms with van der Waals surface area (Å²) in [6.07, 6.45) is 4.60. The second-order valence-electron chi connectivity index (χ2n) is 5.19. The van der Waals surface area contributed by atoms with Gasteiger partial charge in [-0.05, 0) is 38.0 Å². The van der Waals surface area contributed by atoms with E-state index in [0.29, 0.717) is 17.9 Å². The van der Waals surface area contributed by atoms with Gasteiger partial charge in [-0.1, -0.05) is 26.7 Å². The second-order valence-corrected chi connectivity index (χ2v) is 5.19. The molecule has 118 valence electrons. The zero-order chi connectivity index (χ0) is 15.7. The van der Waals surface area contributed by atoms with Crippen molar-refractivity contribution in [2.24, 2.45) is 0 Å². The van der Waals surface area contributed by atoms with Gasteiger partial charge in [0.25, 0.3) is 0 Å². The number of nitrogens with zero attached hydrogens (tertiary/aromatic N) is 1. The van der Waals surface area contributed by atoms with Crippen LogP contribution in [0.3, 0.4) is 0 Å². The summed E-state index contributed by atoms with van der Waals surface area (Å²) in [4.78, 5) is 14.0.